The highest BCUT2D eigenvalue weighted by Crippen LogP contribution is 2.48. The maximum absolute atomic E-state index is 13.7. The molecule has 0 radical (unpaired) electrons. The van der Waals surface area contributed by atoms with Crippen molar-refractivity contribution < 1.29 is 14.0 Å². The molecule has 2 saturated carbocycles. The van der Waals surface area contributed by atoms with E-state index in [9.17, 15) is 19.2 Å². The van der Waals surface area contributed by atoms with Crippen LogP contribution in [0.4, 0.5) is 4.39 Å². The summed E-state index contributed by atoms with van der Waals surface area (Å²) >= 11 is 0. The highest BCUT2D eigenvalue weighted by molar-refractivity contribution is 5.87. The summed E-state index contributed by atoms with van der Waals surface area (Å²) in [4.78, 5) is 32.7. The Hall–Kier alpha value is -2.50. The van der Waals surface area contributed by atoms with Crippen LogP contribution in [0, 0.1) is 29.0 Å². The Bertz CT molecular complexity index is 1040. The fraction of sp³-hybridized carbons (Fsp3) is 0.667. The molecule has 3 heterocycles. The van der Waals surface area contributed by atoms with E-state index in [0.717, 1.165) is 37.7 Å². The Morgan fingerprint density at radius 2 is 1.89 bits per heavy atom. The van der Waals surface area contributed by atoms with Gasteiger partial charge in [-0.2, -0.15) is 5.26 Å². The quantitative estimate of drug-likeness (QED) is 0.677. The molecule has 1 aromatic carbocycles. The Morgan fingerprint density at radius 1 is 1.14 bits per heavy atom. The van der Waals surface area contributed by atoms with Crippen LogP contribution in [-0.4, -0.2) is 69.8 Å². The number of carbonyl (C=O) groups is 2. The van der Waals surface area contributed by atoms with Crippen LogP contribution < -0.4 is 5.73 Å². The number of amides is 2. The first-order valence-corrected chi connectivity index (χ1v) is 13.3. The topological polar surface area (TPSA) is 93.7 Å². The fourth-order valence-electron chi connectivity index (χ4n) is 7.44. The molecule has 1 unspecified atom stereocenters. The molecular weight excluding hydrogens is 445 g/mol. The number of hydrogen-bond donors (Lipinski definition) is 1. The third-order valence-electron chi connectivity index (χ3n) is 9.18. The summed E-state index contributed by atoms with van der Waals surface area (Å²) in [5.74, 6) is 0.542. The van der Waals surface area contributed by atoms with Gasteiger partial charge in [-0.1, -0.05) is 31.4 Å². The first-order chi connectivity index (χ1) is 17.0. The molecule has 35 heavy (non-hydrogen) atoms. The largest absolute Gasteiger partial charge is 0.330 e. The van der Waals surface area contributed by atoms with Gasteiger partial charge in [-0.15, -0.1) is 0 Å². The lowest BCUT2D eigenvalue weighted by Crippen LogP contribution is -2.57. The molecule has 7 atom stereocenters. The van der Waals surface area contributed by atoms with Crippen LogP contribution in [-0.2, 0) is 9.59 Å². The molecule has 5 fully saturated rings. The number of carbonyl (C=O) groups excluding carboxylic acids is 2. The van der Waals surface area contributed by atoms with E-state index in [1.807, 2.05) is 12.1 Å². The number of nitriles is 1. The lowest BCUT2D eigenvalue weighted by Gasteiger charge is -2.43. The lowest BCUT2D eigenvalue weighted by molar-refractivity contribution is -0.143. The van der Waals surface area contributed by atoms with Gasteiger partial charge < -0.3 is 15.5 Å². The van der Waals surface area contributed by atoms with Crippen molar-refractivity contribution in [2.24, 2.45) is 17.6 Å². The second-order valence-electron chi connectivity index (χ2n) is 11.3. The van der Waals surface area contributed by atoms with E-state index in [1.165, 1.54) is 31.4 Å². The smallest absolute Gasteiger partial charge is 0.242 e. The van der Waals surface area contributed by atoms with Gasteiger partial charge in [-0.25, -0.2) is 4.39 Å². The van der Waals surface area contributed by atoms with Gasteiger partial charge in [0, 0.05) is 25.2 Å². The highest BCUT2D eigenvalue weighted by Gasteiger charge is 2.56. The van der Waals surface area contributed by atoms with E-state index >= 15 is 0 Å². The number of benzene rings is 1. The van der Waals surface area contributed by atoms with Crippen molar-refractivity contribution in [2.45, 2.75) is 87.6 Å². The van der Waals surface area contributed by atoms with Gasteiger partial charge in [-0.3, -0.25) is 14.5 Å². The minimum atomic E-state index is -0.725. The monoisotopic (exact) mass is 479 g/mol. The van der Waals surface area contributed by atoms with Gasteiger partial charge in [0.05, 0.1) is 24.2 Å². The minimum Gasteiger partial charge on any atom is -0.330 e. The van der Waals surface area contributed by atoms with Crippen LogP contribution in [0.5, 0.6) is 0 Å². The molecule has 1 aromatic rings. The summed E-state index contributed by atoms with van der Waals surface area (Å²) in [5, 5.41) is 9.44. The Morgan fingerprint density at radius 3 is 2.57 bits per heavy atom. The summed E-state index contributed by atoms with van der Waals surface area (Å²) in [6.45, 7) is 1.05. The molecule has 2 aliphatic carbocycles. The number of hydrogen-bond acceptors (Lipinski definition) is 5. The third kappa shape index (κ3) is 3.93. The number of nitrogens with zero attached hydrogens (tertiary/aromatic N) is 4. The predicted molar refractivity (Wildman–Crippen MR) is 127 cm³/mol. The highest BCUT2D eigenvalue weighted by atomic mass is 19.1. The molecule has 186 valence electrons. The normalized spacial score (nSPS) is 34.1. The van der Waals surface area contributed by atoms with Gasteiger partial charge >= 0.3 is 0 Å². The molecule has 2 N–H and O–H groups in total. The van der Waals surface area contributed by atoms with Crippen LogP contribution in [0.15, 0.2) is 24.3 Å². The van der Waals surface area contributed by atoms with Crippen molar-refractivity contribution in [2.75, 3.05) is 13.1 Å². The van der Waals surface area contributed by atoms with Gasteiger partial charge in [0.25, 0.3) is 0 Å². The second kappa shape index (κ2) is 8.86. The zero-order valence-electron chi connectivity index (χ0n) is 20.1. The predicted octanol–water partition coefficient (Wildman–Crippen LogP) is 2.57. The maximum atomic E-state index is 13.7. The number of halogens is 1. The lowest BCUT2D eigenvalue weighted by atomic mass is 9.80. The minimum absolute atomic E-state index is 0.0244. The first-order valence-electron chi connectivity index (χ1n) is 13.3. The van der Waals surface area contributed by atoms with Crippen LogP contribution in [0.1, 0.15) is 63.0 Å². The fourth-order valence-corrected chi connectivity index (χ4v) is 7.44. The standard InChI is InChI=1S/C27H34FN5O2/c28-19-8-6-17(7-9-19)25(16-4-2-1-3-5-16)33-21-12-24(27(33)35)31(14-21)15-22(30)26(34)32-20(13-29)10-18-11-23(18)32/h6-9,16,18,20-25H,1-5,10-12,14-15,30H2/t18?,20-,21-,22-,23-,24-,25+/m0/s1. The van der Waals surface area contributed by atoms with E-state index in [0.29, 0.717) is 24.9 Å². The summed E-state index contributed by atoms with van der Waals surface area (Å²) in [7, 11) is 0. The summed E-state index contributed by atoms with van der Waals surface area (Å²) in [5.41, 5.74) is 7.39. The zero-order valence-corrected chi connectivity index (χ0v) is 20.1. The van der Waals surface area contributed by atoms with Crippen molar-refractivity contribution in [3.05, 3.63) is 35.6 Å². The van der Waals surface area contributed by atoms with Gasteiger partial charge in [0.1, 0.15) is 11.9 Å². The van der Waals surface area contributed by atoms with Crippen molar-refractivity contribution in [3.63, 3.8) is 0 Å². The zero-order chi connectivity index (χ0) is 24.3. The van der Waals surface area contributed by atoms with Crippen LogP contribution in [0.2, 0.25) is 0 Å². The van der Waals surface area contributed by atoms with Gasteiger partial charge in [-0.05, 0) is 61.6 Å². The van der Waals surface area contributed by atoms with E-state index in [1.54, 1.807) is 4.90 Å². The molecule has 2 amide bonds. The Balaban J connectivity index is 1.16. The number of likely N-dealkylation sites (tertiary alicyclic amines) is 3. The number of nitrogens with two attached hydrogens (primary N) is 1. The summed E-state index contributed by atoms with van der Waals surface area (Å²) < 4.78 is 13.7. The van der Waals surface area contributed by atoms with Gasteiger partial charge in [0.2, 0.25) is 11.8 Å². The van der Waals surface area contributed by atoms with E-state index < -0.39 is 6.04 Å². The van der Waals surface area contributed by atoms with Gasteiger partial charge in [0.15, 0.2) is 0 Å². The third-order valence-corrected chi connectivity index (χ3v) is 9.18. The molecule has 6 rings (SSSR count). The molecule has 0 aromatic heterocycles. The van der Waals surface area contributed by atoms with E-state index in [2.05, 4.69) is 15.9 Å². The molecule has 3 saturated heterocycles. The molecule has 7 nitrogen and oxygen atoms in total. The molecular formula is C27H34FN5O2. The van der Waals surface area contributed by atoms with E-state index in [-0.39, 0.29) is 47.8 Å². The van der Waals surface area contributed by atoms with Crippen molar-refractivity contribution in [1.29, 1.82) is 5.26 Å². The van der Waals surface area contributed by atoms with Crippen LogP contribution >= 0.6 is 0 Å². The number of piperidine rings is 1. The molecule has 0 spiro atoms. The van der Waals surface area contributed by atoms with Crippen molar-refractivity contribution in [1.82, 2.24) is 14.7 Å². The number of rotatable bonds is 6. The second-order valence-corrected chi connectivity index (χ2v) is 11.3. The van der Waals surface area contributed by atoms with Crippen molar-refractivity contribution in [3.8, 4) is 6.07 Å². The number of piperazine rings is 1. The van der Waals surface area contributed by atoms with Crippen LogP contribution in [0.25, 0.3) is 0 Å². The summed E-state index contributed by atoms with van der Waals surface area (Å²) in [6, 6.07) is 7.82. The molecule has 2 bridgehead atoms. The molecule has 8 heteroatoms. The maximum Gasteiger partial charge on any atom is 0.242 e. The summed E-state index contributed by atoms with van der Waals surface area (Å²) in [6.07, 6.45) is 8.23. The average molecular weight is 480 g/mol. The number of fused-ring (bicyclic) bond motifs is 3. The van der Waals surface area contributed by atoms with Crippen molar-refractivity contribution >= 4 is 11.8 Å². The Kier molecular flexibility index (Phi) is 5.81. The average Bonchev–Trinajstić information content (AvgIpc) is 3.19. The molecule has 3 aliphatic heterocycles. The van der Waals surface area contributed by atoms with Crippen LogP contribution in [0.3, 0.4) is 0 Å². The molecule has 5 aliphatic rings. The first kappa shape index (κ1) is 22.9. The Labute approximate surface area is 206 Å². The SMILES string of the molecule is N#C[C@@H]1CC2C[C@@H]2N1C(=O)[C@@H](N)CN1C[C@@H]2C[C@H]1C(=O)N2[C@@H](c1ccc(F)cc1)C1CCCCC1. The van der Waals surface area contributed by atoms with E-state index in [4.69, 9.17) is 5.73 Å².